The van der Waals surface area contributed by atoms with E-state index in [1.807, 2.05) is 0 Å². The van der Waals surface area contributed by atoms with Gasteiger partial charge >= 0.3 is 5.97 Å². The first-order chi connectivity index (χ1) is 9.52. The van der Waals surface area contributed by atoms with Crippen molar-refractivity contribution in [1.82, 2.24) is 4.98 Å². The van der Waals surface area contributed by atoms with Crippen molar-refractivity contribution in [2.75, 3.05) is 6.61 Å². The van der Waals surface area contributed by atoms with Gasteiger partial charge in [-0.2, -0.15) is 0 Å². The predicted octanol–water partition coefficient (Wildman–Crippen LogP) is 3.01. The molecule has 0 spiro atoms. The minimum absolute atomic E-state index is 0.119. The minimum Gasteiger partial charge on any atom is -0.502 e. The number of ketones is 1. The van der Waals surface area contributed by atoms with Crippen molar-refractivity contribution in [2.45, 2.75) is 6.92 Å². The molecule has 6 heteroatoms. The molecule has 0 radical (unpaired) electrons. The number of aromatic nitrogens is 1. The Labute approximate surface area is 119 Å². The number of rotatable bonds is 4. The monoisotopic (exact) mass is 293 g/mol. The van der Waals surface area contributed by atoms with Crippen molar-refractivity contribution in [3.8, 4) is 0 Å². The third kappa shape index (κ3) is 2.83. The summed E-state index contributed by atoms with van der Waals surface area (Å²) < 4.78 is 4.59. The van der Waals surface area contributed by atoms with E-state index in [-0.39, 0.29) is 6.61 Å². The number of aliphatic hydroxyl groups is 1. The fourth-order valence-electron chi connectivity index (χ4n) is 1.76. The molecule has 20 heavy (non-hydrogen) atoms. The highest BCUT2D eigenvalue weighted by molar-refractivity contribution is 6.31. The first-order valence-corrected chi connectivity index (χ1v) is 6.29. The third-order valence-electron chi connectivity index (χ3n) is 2.66. The lowest BCUT2D eigenvalue weighted by Gasteiger charge is -2.00. The van der Waals surface area contributed by atoms with E-state index in [2.05, 4.69) is 9.72 Å². The molecule has 1 aromatic carbocycles. The number of carbonyl (C=O) groups is 2. The van der Waals surface area contributed by atoms with Crippen LogP contribution in [0.1, 0.15) is 17.3 Å². The predicted molar refractivity (Wildman–Crippen MR) is 75.0 cm³/mol. The summed E-state index contributed by atoms with van der Waals surface area (Å²) in [6.45, 7) is 1.72. The number of carbonyl (C=O) groups excluding carboxylic acids is 2. The Bertz CT molecular complexity index is 702. The number of nitrogens with one attached hydrogen (secondary N) is 1. The molecule has 1 heterocycles. The van der Waals surface area contributed by atoms with Gasteiger partial charge in [-0.25, -0.2) is 4.79 Å². The molecular formula is C14H12ClNO4. The van der Waals surface area contributed by atoms with Crippen LogP contribution in [0.5, 0.6) is 0 Å². The largest absolute Gasteiger partial charge is 0.502 e. The van der Waals surface area contributed by atoms with Crippen LogP contribution in [0.3, 0.4) is 0 Å². The Morgan fingerprint density at radius 1 is 1.45 bits per heavy atom. The van der Waals surface area contributed by atoms with Crippen molar-refractivity contribution in [1.29, 1.82) is 0 Å². The fourth-order valence-corrected chi connectivity index (χ4v) is 1.93. The van der Waals surface area contributed by atoms with Crippen molar-refractivity contribution < 1.29 is 19.4 Å². The number of fused-ring (bicyclic) bond motifs is 1. The number of hydrogen-bond acceptors (Lipinski definition) is 4. The van der Waals surface area contributed by atoms with Crippen molar-refractivity contribution >= 4 is 34.3 Å². The summed E-state index contributed by atoms with van der Waals surface area (Å²) in [5, 5.41) is 10.6. The number of allylic oxidation sites excluding steroid dienone is 1. The second-order valence-electron chi connectivity index (χ2n) is 4.01. The Morgan fingerprint density at radius 3 is 2.90 bits per heavy atom. The van der Waals surface area contributed by atoms with Crippen LogP contribution in [0, 0.1) is 0 Å². The normalized spacial score (nSPS) is 11.6. The highest BCUT2D eigenvalue weighted by atomic mass is 35.5. The smallest absolute Gasteiger partial charge is 0.373 e. The van der Waals surface area contributed by atoms with E-state index in [4.69, 9.17) is 11.6 Å². The summed E-state index contributed by atoms with van der Waals surface area (Å²) in [4.78, 5) is 26.2. The van der Waals surface area contributed by atoms with Crippen molar-refractivity contribution in [2.24, 2.45) is 0 Å². The van der Waals surface area contributed by atoms with Crippen LogP contribution in [0.15, 0.2) is 36.2 Å². The fraction of sp³-hybridized carbons (Fsp3) is 0.143. The van der Waals surface area contributed by atoms with Crippen molar-refractivity contribution in [3.05, 3.63) is 46.8 Å². The topological polar surface area (TPSA) is 79.4 Å². The van der Waals surface area contributed by atoms with Gasteiger partial charge in [0, 0.05) is 33.8 Å². The van der Waals surface area contributed by atoms with Crippen LogP contribution in [0.25, 0.3) is 10.9 Å². The number of aliphatic hydroxyl groups excluding tert-OH is 1. The van der Waals surface area contributed by atoms with Gasteiger partial charge in [0.25, 0.3) is 0 Å². The van der Waals surface area contributed by atoms with E-state index in [1.165, 1.54) is 6.20 Å². The lowest BCUT2D eigenvalue weighted by Crippen LogP contribution is -2.09. The molecule has 2 N–H and O–H groups in total. The summed E-state index contributed by atoms with van der Waals surface area (Å²) >= 11 is 5.89. The standard InChI is InChI=1S/C14H12ClNO4/c1-2-20-14(19)13(18)6-12(17)10-7-16-11-4-3-8(15)5-9(10)11/h3-7,16,18H,2H2,1H3/b13-6-. The van der Waals surface area contributed by atoms with Crippen LogP contribution in [0.4, 0.5) is 0 Å². The van der Waals surface area contributed by atoms with Gasteiger partial charge in [0.2, 0.25) is 5.76 Å². The molecule has 104 valence electrons. The second kappa shape index (κ2) is 5.79. The molecule has 0 aliphatic heterocycles. The van der Waals surface area contributed by atoms with Gasteiger partial charge in [-0.05, 0) is 25.1 Å². The molecule has 0 aliphatic rings. The zero-order valence-corrected chi connectivity index (χ0v) is 11.4. The number of benzene rings is 1. The van der Waals surface area contributed by atoms with Gasteiger partial charge in [0.05, 0.1) is 6.61 Å². The highest BCUT2D eigenvalue weighted by Crippen LogP contribution is 2.23. The number of halogens is 1. The van der Waals surface area contributed by atoms with E-state index < -0.39 is 17.5 Å². The van der Waals surface area contributed by atoms with E-state index in [1.54, 1.807) is 25.1 Å². The first-order valence-electron chi connectivity index (χ1n) is 5.91. The van der Waals surface area contributed by atoms with Crippen LogP contribution in [-0.2, 0) is 9.53 Å². The summed E-state index contributed by atoms with van der Waals surface area (Å²) in [6.07, 6.45) is 2.33. The number of hydrogen-bond donors (Lipinski definition) is 2. The van der Waals surface area contributed by atoms with Gasteiger partial charge in [0.15, 0.2) is 5.78 Å². The van der Waals surface area contributed by atoms with Gasteiger partial charge in [-0.15, -0.1) is 0 Å². The van der Waals surface area contributed by atoms with E-state index in [0.29, 0.717) is 16.0 Å². The Hall–Kier alpha value is -2.27. The maximum atomic E-state index is 12.0. The zero-order valence-electron chi connectivity index (χ0n) is 10.6. The van der Waals surface area contributed by atoms with Gasteiger partial charge in [-0.3, -0.25) is 4.79 Å². The van der Waals surface area contributed by atoms with Gasteiger partial charge < -0.3 is 14.8 Å². The van der Waals surface area contributed by atoms with E-state index >= 15 is 0 Å². The highest BCUT2D eigenvalue weighted by Gasteiger charge is 2.15. The summed E-state index contributed by atoms with van der Waals surface area (Å²) in [6, 6.07) is 5.07. The third-order valence-corrected chi connectivity index (χ3v) is 2.90. The SMILES string of the molecule is CCOC(=O)/C(O)=C/C(=O)c1c[nH]c2ccc(Cl)cc12. The molecule has 1 aromatic heterocycles. The van der Waals surface area contributed by atoms with Crippen LogP contribution in [0.2, 0.25) is 5.02 Å². The Balaban J connectivity index is 2.34. The van der Waals surface area contributed by atoms with E-state index in [9.17, 15) is 14.7 Å². The van der Waals surface area contributed by atoms with Crippen LogP contribution in [-0.4, -0.2) is 28.4 Å². The molecule has 0 aliphatic carbocycles. The summed E-state index contributed by atoms with van der Waals surface area (Å²) in [5.41, 5.74) is 1.06. The number of esters is 1. The molecule has 0 unspecified atom stereocenters. The van der Waals surface area contributed by atoms with Gasteiger partial charge in [0.1, 0.15) is 0 Å². The lowest BCUT2D eigenvalue weighted by molar-refractivity contribution is -0.141. The molecule has 0 saturated carbocycles. The molecule has 0 bridgehead atoms. The molecular weight excluding hydrogens is 282 g/mol. The number of ether oxygens (including phenoxy) is 1. The summed E-state index contributed by atoms with van der Waals surface area (Å²) in [7, 11) is 0. The molecule has 2 aromatic rings. The molecule has 0 amide bonds. The molecule has 2 rings (SSSR count). The zero-order chi connectivity index (χ0) is 14.7. The maximum absolute atomic E-state index is 12.0. The van der Waals surface area contributed by atoms with Crippen LogP contribution < -0.4 is 0 Å². The molecule has 0 saturated heterocycles. The second-order valence-corrected chi connectivity index (χ2v) is 4.44. The molecule has 5 nitrogen and oxygen atoms in total. The molecule has 0 fully saturated rings. The Kier molecular flexibility index (Phi) is 4.10. The minimum atomic E-state index is -0.932. The quantitative estimate of drug-likeness (QED) is 0.393. The van der Waals surface area contributed by atoms with Gasteiger partial charge in [-0.1, -0.05) is 11.6 Å². The van der Waals surface area contributed by atoms with Crippen molar-refractivity contribution in [3.63, 3.8) is 0 Å². The maximum Gasteiger partial charge on any atom is 0.373 e. The van der Waals surface area contributed by atoms with Crippen LogP contribution >= 0.6 is 11.6 Å². The average molecular weight is 294 g/mol. The Morgan fingerprint density at radius 2 is 2.20 bits per heavy atom. The number of H-pyrrole nitrogens is 1. The lowest BCUT2D eigenvalue weighted by atomic mass is 10.1. The number of aromatic amines is 1. The average Bonchev–Trinajstić information content (AvgIpc) is 2.81. The molecule has 0 atom stereocenters. The van der Waals surface area contributed by atoms with E-state index in [0.717, 1.165) is 11.6 Å². The first kappa shape index (κ1) is 14.1. The summed E-state index contributed by atoms with van der Waals surface area (Å²) in [5.74, 6) is -2.17.